The first-order valence-corrected chi connectivity index (χ1v) is 6.33. The Morgan fingerprint density at radius 3 is 2.67 bits per heavy atom. The highest BCUT2D eigenvalue weighted by atomic mass is 32.2. The maximum Gasteiger partial charge on any atom is 0.441 e. The summed E-state index contributed by atoms with van der Waals surface area (Å²) in [6.45, 7) is 0.232. The molecule has 6 heteroatoms. The van der Waals surface area contributed by atoms with Crippen LogP contribution in [0.3, 0.4) is 0 Å². The van der Waals surface area contributed by atoms with Gasteiger partial charge in [-0.3, -0.25) is 0 Å². The van der Waals surface area contributed by atoms with Gasteiger partial charge in [0.1, 0.15) is 5.82 Å². The number of nitrogens with one attached hydrogen (secondary N) is 1. The molecule has 1 heterocycles. The summed E-state index contributed by atoms with van der Waals surface area (Å²) in [6.07, 6.45) is 0. The van der Waals surface area contributed by atoms with E-state index in [-0.39, 0.29) is 24.1 Å². The highest BCUT2D eigenvalue weighted by Gasteiger charge is 2.27. The highest BCUT2D eigenvalue weighted by Crippen LogP contribution is 2.29. The maximum absolute atomic E-state index is 11.9. The van der Waals surface area contributed by atoms with Crippen LogP contribution in [-0.4, -0.2) is 22.8 Å². The first kappa shape index (κ1) is 13.0. The summed E-state index contributed by atoms with van der Waals surface area (Å²) in [5, 5.41) is 3.88. The van der Waals surface area contributed by atoms with E-state index in [9.17, 15) is 13.2 Å². The van der Waals surface area contributed by atoms with Gasteiger partial charge in [0, 0.05) is 17.7 Å². The van der Waals surface area contributed by atoms with Gasteiger partial charge in [0.15, 0.2) is 0 Å². The third kappa shape index (κ3) is 3.80. The van der Waals surface area contributed by atoms with Crippen molar-refractivity contribution in [3.05, 3.63) is 36.4 Å². The van der Waals surface area contributed by atoms with Crippen molar-refractivity contribution in [2.24, 2.45) is 0 Å². The van der Waals surface area contributed by atoms with E-state index >= 15 is 0 Å². The van der Waals surface area contributed by atoms with Crippen LogP contribution in [0.4, 0.5) is 19.0 Å². The third-order valence-electron chi connectivity index (χ3n) is 2.27. The number of hydrogen-bond acceptors (Lipinski definition) is 3. The van der Waals surface area contributed by atoms with Crippen LogP contribution >= 0.6 is 11.8 Å². The van der Waals surface area contributed by atoms with Crippen molar-refractivity contribution in [1.29, 1.82) is 0 Å². The average Bonchev–Trinajstić information content (AvgIpc) is 2.33. The molecule has 0 fully saturated rings. The molecule has 0 radical (unpaired) electrons. The van der Waals surface area contributed by atoms with E-state index in [1.807, 2.05) is 30.3 Å². The molecule has 0 aliphatic carbocycles. The van der Waals surface area contributed by atoms with Gasteiger partial charge in [-0.25, -0.2) is 4.98 Å². The number of aromatic nitrogens is 1. The fraction of sp³-hybridized carbons (Fsp3) is 0.250. The Labute approximate surface area is 107 Å². The minimum atomic E-state index is -4.17. The predicted octanol–water partition coefficient (Wildman–Crippen LogP) is 3.90. The molecule has 0 bridgehead atoms. The van der Waals surface area contributed by atoms with Crippen molar-refractivity contribution in [3.63, 3.8) is 0 Å². The van der Waals surface area contributed by atoms with Crippen LogP contribution in [0.15, 0.2) is 36.4 Å². The Kier molecular flexibility index (Phi) is 3.96. The van der Waals surface area contributed by atoms with E-state index in [0.29, 0.717) is 5.82 Å². The lowest BCUT2D eigenvalue weighted by atomic mass is 10.2. The molecule has 0 aliphatic rings. The number of nitrogens with zero attached hydrogens (tertiary/aromatic N) is 1. The molecule has 0 amide bonds. The number of fused-ring (bicyclic) bond motifs is 1. The molecule has 96 valence electrons. The van der Waals surface area contributed by atoms with E-state index < -0.39 is 5.51 Å². The topological polar surface area (TPSA) is 24.9 Å². The molecule has 0 saturated heterocycles. The van der Waals surface area contributed by atoms with Gasteiger partial charge in [0.25, 0.3) is 0 Å². The van der Waals surface area contributed by atoms with Crippen LogP contribution in [0.1, 0.15) is 0 Å². The van der Waals surface area contributed by atoms with Gasteiger partial charge in [-0.2, -0.15) is 13.2 Å². The summed E-state index contributed by atoms with van der Waals surface area (Å²) in [4.78, 5) is 4.31. The van der Waals surface area contributed by atoms with Gasteiger partial charge < -0.3 is 5.32 Å². The number of benzene rings is 1. The van der Waals surface area contributed by atoms with Gasteiger partial charge in [0.2, 0.25) is 0 Å². The molecule has 18 heavy (non-hydrogen) atoms. The maximum atomic E-state index is 11.9. The van der Waals surface area contributed by atoms with Crippen molar-refractivity contribution in [2.75, 3.05) is 17.6 Å². The second-order valence-electron chi connectivity index (χ2n) is 3.61. The monoisotopic (exact) mass is 272 g/mol. The van der Waals surface area contributed by atoms with Crippen molar-refractivity contribution in [3.8, 4) is 0 Å². The number of alkyl halides is 3. The normalized spacial score (nSPS) is 11.7. The van der Waals surface area contributed by atoms with Crippen molar-refractivity contribution >= 4 is 28.5 Å². The third-order valence-corrected chi connectivity index (χ3v) is 3.01. The molecule has 2 rings (SSSR count). The second-order valence-corrected chi connectivity index (χ2v) is 4.77. The summed E-state index contributed by atoms with van der Waals surface area (Å²) in [7, 11) is 0. The molecule has 0 atom stereocenters. The SMILES string of the molecule is FC(F)(F)SCCNc1ccc2ccccc2n1. The first-order chi connectivity index (χ1) is 8.54. The molecule has 0 saturated carbocycles. The molecule has 1 N–H and O–H groups in total. The summed E-state index contributed by atoms with van der Waals surface area (Å²) in [5.74, 6) is 0.564. The fourth-order valence-electron chi connectivity index (χ4n) is 1.51. The highest BCUT2D eigenvalue weighted by molar-refractivity contribution is 8.00. The Hall–Kier alpha value is -1.43. The quantitative estimate of drug-likeness (QED) is 0.854. The molecular weight excluding hydrogens is 261 g/mol. The first-order valence-electron chi connectivity index (χ1n) is 5.35. The Bertz CT molecular complexity index is 528. The zero-order valence-electron chi connectivity index (χ0n) is 9.37. The smallest absolute Gasteiger partial charge is 0.369 e. The molecule has 1 aromatic carbocycles. The Morgan fingerprint density at radius 2 is 1.89 bits per heavy atom. The number of thioether (sulfide) groups is 1. The van der Waals surface area contributed by atoms with Crippen LogP contribution < -0.4 is 5.32 Å². The van der Waals surface area contributed by atoms with Crippen LogP contribution in [0.25, 0.3) is 10.9 Å². The minimum absolute atomic E-state index is 0.0298. The number of rotatable bonds is 4. The van der Waals surface area contributed by atoms with Crippen LogP contribution in [0, 0.1) is 0 Å². The molecular formula is C12H11F3N2S. The van der Waals surface area contributed by atoms with Crippen molar-refractivity contribution < 1.29 is 13.2 Å². The van der Waals surface area contributed by atoms with Gasteiger partial charge in [0.05, 0.1) is 5.52 Å². The zero-order chi connectivity index (χ0) is 13.0. The number of pyridine rings is 1. The van der Waals surface area contributed by atoms with Gasteiger partial charge in [-0.1, -0.05) is 18.2 Å². The summed E-state index contributed by atoms with van der Waals surface area (Å²) in [6, 6.07) is 11.2. The minimum Gasteiger partial charge on any atom is -0.369 e. The molecule has 0 spiro atoms. The van der Waals surface area contributed by atoms with Crippen LogP contribution in [-0.2, 0) is 0 Å². The standard InChI is InChI=1S/C12H11F3N2S/c13-12(14,15)18-8-7-16-11-6-5-9-3-1-2-4-10(9)17-11/h1-6H,7-8H2,(H,16,17). The van der Waals surface area contributed by atoms with Crippen molar-refractivity contribution in [2.45, 2.75) is 5.51 Å². The number of para-hydroxylation sites is 1. The largest absolute Gasteiger partial charge is 0.441 e. The summed E-state index contributed by atoms with van der Waals surface area (Å²) >= 11 is -0.0338. The van der Waals surface area contributed by atoms with E-state index in [1.165, 1.54) is 0 Å². The lowest BCUT2D eigenvalue weighted by Gasteiger charge is -2.08. The number of hydrogen-bond donors (Lipinski definition) is 1. The van der Waals surface area contributed by atoms with Crippen LogP contribution in [0.2, 0.25) is 0 Å². The molecule has 2 aromatic rings. The van der Waals surface area contributed by atoms with E-state index in [1.54, 1.807) is 6.07 Å². The molecule has 2 nitrogen and oxygen atoms in total. The second kappa shape index (κ2) is 5.48. The van der Waals surface area contributed by atoms with E-state index in [2.05, 4.69) is 10.3 Å². The predicted molar refractivity (Wildman–Crippen MR) is 68.7 cm³/mol. The number of anilines is 1. The molecule has 0 unspecified atom stereocenters. The average molecular weight is 272 g/mol. The molecule has 0 aliphatic heterocycles. The summed E-state index contributed by atoms with van der Waals surface area (Å²) in [5.41, 5.74) is -3.34. The Balaban J connectivity index is 1.92. The van der Waals surface area contributed by atoms with Gasteiger partial charge >= 0.3 is 5.51 Å². The van der Waals surface area contributed by atoms with Crippen LogP contribution in [0.5, 0.6) is 0 Å². The van der Waals surface area contributed by atoms with E-state index in [0.717, 1.165) is 10.9 Å². The lowest BCUT2D eigenvalue weighted by Crippen LogP contribution is -2.10. The van der Waals surface area contributed by atoms with Gasteiger partial charge in [-0.05, 0) is 30.0 Å². The summed E-state index contributed by atoms with van der Waals surface area (Å²) < 4.78 is 35.7. The Morgan fingerprint density at radius 1 is 1.11 bits per heavy atom. The molecule has 1 aromatic heterocycles. The van der Waals surface area contributed by atoms with Gasteiger partial charge in [-0.15, -0.1) is 0 Å². The zero-order valence-corrected chi connectivity index (χ0v) is 10.2. The number of halogens is 3. The van der Waals surface area contributed by atoms with Crippen molar-refractivity contribution in [1.82, 2.24) is 4.98 Å². The lowest BCUT2D eigenvalue weighted by molar-refractivity contribution is -0.0327. The van der Waals surface area contributed by atoms with E-state index in [4.69, 9.17) is 0 Å². The fourth-order valence-corrected chi connectivity index (χ4v) is 1.95.